The third kappa shape index (κ3) is 3.14. The van der Waals surface area contributed by atoms with Crippen molar-refractivity contribution in [3.05, 3.63) is 59.5 Å². The lowest BCUT2D eigenvalue weighted by atomic mass is 10.1. The summed E-state index contributed by atoms with van der Waals surface area (Å²) in [5.74, 6) is 0.806. The molecule has 0 saturated carbocycles. The van der Waals surface area contributed by atoms with Crippen LogP contribution in [0.5, 0.6) is 0 Å². The number of benzene rings is 2. The lowest BCUT2D eigenvalue weighted by Gasteiger charge is -2.02. The van der Waals surface area contributed by atoms with Crippen molar-refractivity contribution in [1.82, 2.24) is 15.1 Å². The molecule has 0 atom stereocenters. The molecule has 1 N–H and O–H groups in total. The average molecular weight is 350 g/mol. The number of aromatic nitrogens is 3. The first-order valence-corrected chi connectivity index (χ1v) is 8.49. The summed E-state index contributed by atoms with van der Waals surface area (Å²) in [6.07, 6.45) is 0. The van der Waals surface area contributed by atoms with E-state index >= 15 is 0 Å². The Labute approximate surface area is 147 Å². The van der Waals surface area contributed by atoms with Crippen LogP contribution >= 0.6 is 11.3 Å². The van der Waals surface area contributed by atoms with Crippen molar-refractivity contribution >= 4 is 32.6 Å². The summed E-state index contributed by atoms with van der Waals surface area (Å²) in [5.41, 5.74) is 3.39. The van der Waals surface area contributed by atoms with Crippen LogP contribution in [0.1, 0.15) is 21.8 Å². The fourth-order valence-electron chi connectivity index (χ4n) is 2.44. The molecule has 0 aliphatic heterocycles. The van der Waals surface area contributed by atoms with Crippen molar-refractivity contribution in [2.45, 2.75) is 13.8 Å². The predicted octanol–water partition coefficient (Wildman–Crippen LogP) is 4.22. The molecule has 0 bridgehead atoms. The number of amides is 1. The standard InChI is InChI=1S/C18H14N4O2S/c1-10-3-8-14-15(9-10)25-18(20-14)21-17(23)13-6-4-12(5-7-13)16-19-11(2)24-22-16/h3-9H,1-2H3,(H,20,21,23). The van der Waals surface area contributed by atoms with E-state index in [1.165, 1.54) is 16.9 Å². The molecule has 0 aliphatic rings. The second-order valence-corrected chi connectivity index (χ2v) is 6.69. The smallest absolute Gasteiger partial charge is 0.257 e. The van der Waals surface area contributed by atoms with E-state index in [1.807, 2.05) is 19.1 Å². The van der Waals surface area contributed by atoms with E-state index < -0.39 is 0 Å². The second-order valence-electron chi connectivity index (χ2n) is 5.66. The largest absolute Gasteiger partial charge is 0.339 e. The van der Waals surface area contributed by atoms with Gasteiger partial charge in [0.05, 0.1) is 10.2 Å². The van der Waals surface area contributed by atoms with Crippen LogP contribution < -0.4 is 5.32 Å². The van der Waals surface area contributed by atoms with Gasteiger partial charge in [0.15, 0.2) is 5.13 Å². The minimum atomic E-state index is -0.202. The molecule has 6 nitrogen and oxygen atoms in total. The third-order valence-corrected chi connectivity index (χ3v) is 4.63. The molecule has 4 aromatic rings. The van der Waals surface area contributed by atoms with Crippen molar-refractivity contribution in [2.75, 3.05) is 5.32 Å². The van der Waals surface area contributed by atoms with Crippen molar-refractivity contribution in [2.24, 2.45) is 0 Å². The topological polar surface area (TPSA) is 80.9 Å². The van der Waals surface area contributed by atoms with Gasteiger partial charge in [-0.05, 0) is 36.8 Å². The van der Waals surface area contributed by atoms with Gasteiger partial charge < -0.3 is 4.52 Å². The van der Waals surface area contributed by atoms with Crippen LogP contribution in [0.3, 0.4) is 0 Å². The van der Waals surface area contributed by atoms with Gasteiger partial charge in [-0.15, -0.1) is 0 Å². The first-order valence-electron chi connectivity index (χ1n) is 7.68. The highest BCUT2D eigenvalue weighted by Crippen LogP contribution is 2.27. The number of rotatable bonds is 3. The normalized spacial score (nSPS) is 11.0. The Balaban J connectivity index is 1.53. The zero-order valence-electron chi connectivity index (χ0n) is 13.6. The number of fused-ring (bicyclic) bond motifs is 1. The lowest BCUT2D eigenvalue weighted by molar-refractivity contribution is 0.102. The number of carbonyl (C=O) groups is 1. The number of anilines is 1. The Morgan fingerprint density at radius 1 is 1.08 bits per heavy atom. The highest BCUT2D eigenvalue weighted by atomic mass is 32.1. The Hall–Kier alpha value is -3.06. The highest BCUT2D eigenvalue weighted by molar-refractivity contribution is 7.22. The van der Waals surface area contributed by atoms with Gasteiger partial charge in [0.1, 0.15) is 0 Å². The first-order chi connectivity index (χ1) is 12.1. The minimum Gasteiger partial charge on any atom is -0.339 e. The molecule has 0 aliphatic carbocycles. The van der Waals surface area contributed by atoms with Gasteiger partial charge in [-0.1, -0.05) is 34.7 Å². The number of nitrogens with one attached hydrogen (secondary N) is 1. The zero-order valence-corrected chi connectivity index (χ0v) is 14.4. The molecule has 0 saturated heterocycles. The Morgan fingerprint density at radius 2 is 1.88 bits per heavy atom. The average Bonchev–Trinajstić information content (AvgIpc) is 3.20. The maximum absolute atomic E-state index is 12.4. The number of nitrogens with zero attached hydrogens (tertiary/aromatic N) is 3. The molecule has 2 aromatic heterocycles. The van der Waals surface area contributed by atoms with Crippen LogP contribution in [0, 0.1) is 13.8 Å². The third-order valence-electron chi connectivity index (χ3n) is 3.70. The van der Waals surface area contributed by atoms with Crippen LogP contribution in [0.4, 0.5) is 5.13 Å². The van der Waals surface area contributed by atoms with Crippen molar-refractivity contribution in [3.63, 3.8) is 0 Å². The van der Waals surface area contributed by atoms with E-state index in [9.17, 15) is 4.79 Å². The molecule has 1 amide bonds. The molecule has 124 valence electrons. The summed E-state index contributed by atoms with van der Waals surface area (Å²) >= 11 is 1.46. The van der Waals surface area contributed by atoms with E-state index in [-0.39, 0.29) is 5.91 Å². The number of hydrogen-bond donors (Lipinski definition) is 1. The Kier molecular flexibility index (Phi) is 3.77. The summed E-state index contributed by atoms with van der Waals surface area (Å²) in [7, 11) is 0. The highest BCUT2D eigenvalue weighted by Gasteiger charge is 2.11. The molecular formula is C18H14N4O2S. The predicted molar refractivity (Wildman–Crippen MR) is 96.8 cm³/mol. The quantitative estimate of drug-likeness (QED) is 0.598. The summed E-state index contributed by atoms with van der Waals surface area (Å²) in [6.45, 7) is 3.77. The van der Waals surface area contributed by atoms with Gasteiger partial charge in [-0.2, -0.15) is 4.98 Å². The van der Waals surface area contributed by atoms with Crippen molar-refractivity contribution in [1.29, 1.82) is 0 Å². The van der Waals surface area contributed by atoms with Gasteiger partial charge in [-0.25, -0.2) is 4.98 Å². The second kappa shape index (κ2) is 6.10. The van der Waals surface area contributed by atoms with E-state index in [1.54, 1.807) is 31.2 Å². The number of aryl methyl sites for hydroxylation is 2. The molecule has 2 aromatic carbocycles. The molecule has 0 spiro atoms. The van der Waals surface area contributed by atoms with Crippen LogP contribution in [-0.2, 0) is 0 Å². The fourth-order valence-corrected chi connectivity index (χ4v) is 3.40. The summed E-state index contributed by atoms with van der Waals surface area (Å²) in [5, 5.41) is 7.30. The Bertz CT molecular complexity index is 1070. The first kappa shape index (κ1) is 15.5. The van der Waals surface area contributed by atoms with Gasteiger partial charge >= 0.3 is 0 Å². The van der Waals surface area contributed by atoms with Crippen LogP contribution in [-0.4, -0.2) is 21.0 Å². The number of carbonyl (C=O) groups excluding carboxylic acids is 1. The van der Waals surface area contributed by atoms with Crippen molar-refractivity contribution < 1.29 is 9.32 Å². The van der Waals surface area contributed by atoms with Gasteiger partial charge in [0.25, 0.3) is 5.91 Å². The summed E-state index contributed by atoms with van der Waals surface area (Å²) < 4.78 is 6.02. The summed E-state index contributed by atoms with van der Waals surface area (Å²) in [6, 6.07) is 13.1. The van der Waals surface area contributed by atoms with E-state index in [0.29, 0.717) is 22.4 Å². The maximum atomic E-state index is 12.4. The number of hydrogen-bond acceptors (Lipinski definition) is 6. The van der Waals surface area contributed by atoms with Crippen molar-refractivity contribution in [3.8, 4) is 11.4 Å². The molecule has 0 fully saturated rings. The van der Waals surface area contributed by atoms with E-state index in [4.69, 9.17) is 4.52 Å². The van der Waals surface area contributed by atoms with E-state index in [0.717, 1.165) is 15.8 Å². The minimum absolute atomic E-state index is 0.202. The zero-order chi connectivity index (χ0) is 17.4. The van der Waals surface area contributed by atoms with Crippen LogP contribution in [0.15, 0.2) is 47.0 Å². The van der Waals surface area contributed by atoms with Crippen LogP contribution in [0.25, 0.3) is 21.6 Å². The molecule has 0 unspecified atom stereocenters. The SMILES string of the molecule is Cc1ccc2nc(NC(=O)c3ccc(-c4noc(C)n4)cc3)sc2c1. The summed E-state index contributed by atoms with van der Waals surface area (Å²) in [4.78, 5) is 21.0. The van der Waals surface area contributed by atoms with Gasteiger partial charge in [0, 0.05) is 18.1 Å². The monoisotopic (exact) mass is 350 g/mol. The Morgan fingerprint density at radius 3 is 2.60 bits per heavy atom. The van der Waals surface area contributed by atoms with Gasteiger partial charge in [-0.3, -0.25) is 10.1 Å². The molecule has 4 rings (SSSR count). The van der Waals surface area contributed by atoms with Crippen LogP contribution in [0.2, 0.25) is 0 Å². The molecule has 25 heavy (non-hydrogen) atoms. The molecular weight excluding hydrogens is 336 g/mol. The lowest BCUT2D eigenvalue weighted by Crippen LogP contribution is -2.11. The molecule has 2 heterocycles. The maximum Gasteiger partial charge on any atom is 0.257 e. The molecule has 0 radical (unpaired) electrons. The van der Waals surface area contributed by atoms with E-state index in [2.05, 4.69) is 26.5 Å². The molecule has 7 heteroatoms. The number of thiazole rings is 1. The fraction of sp³-hybridized carbons (Fsp3) is 0.111. The van der Waals surface area contributed by atoms with Gasteiger partial charge in [0.2, 0.25) is 11.7 Å².